The molecule has 0 aliphatic carbocycles. The molecule has 0 spiro atoms. The Morgan fingerprint density at radius 2 is 1.88 bits per heavy atom. The summed E-state index contributed by atoms with van der Waals surface area (Å²) < 4.78 is 5.36. The van der Waals surface area contributed by atoms with Gasteiger partial charge in [0.1, 0.15) is 0 Å². The van der Waals surface area contributed by atoms with Crippen LogP contribution in [0.15, 0.2) is 48.5 Å². The summed E-state index contributed by atoms with van der Waals surface area (Å²) in [6, 6.07) is 13.8. The van der Waals surface area contributed by atoms with E-state index in [1.165, 1.54) is 12.1 Å². The number of hydrogen-bond donors (Lipinski definition) is 1. The molecular weight excluding hydrogens is 334 g/mol. The van der Waals surface area contributed by atoms with Gasteiger partial charge in [-0.25, -0.2) is 0 Å². The second-order valence-corrected chi connectivity index (χ2v) is 6.16. The maximum absolute atomic E-state index is 12.9. The van der Waals surface area contributed by atoms with Crippen molar-refractivity contribution >= 4 is 17.3 Å². The molecule has 1 saturated heterocycles. The summed E-state index contributed by atoms with van der Waals surface area (Å²) in [5, 5.41) is 14.1. The largest absolute Gasteiger partial charge is 0.378 e. The fourth-order valence-corrected chi connectivity index (χ4v) is 3.00. The van der Waals surface area contributed by atoms with Crippen molar-refractivity contribution in [3.05, 3.63) is 69.8 Å². The molecule has 7 nitrogen and oxygen atoms in total. The maximum Gasteiger partial charge on any atom is 0.270 e. The highest BCUT2D eigenvalue weighted by Gasteiger charge is 2.23. The Balaban J connectivity index is 1.88. The number of non-ortho nitro benzene ring substituents is 1. The molecule has 1 amide bonds. The summed E-state index contributed by atoms with van der Waals surface area (Å²) in [6.07, 6.45) is 0. The summed E-state index contributed by atoms with van der Waals surface area (Å²) in [5.41, 5.74) is 1.87. The number of anilines is 1. The number of carbonyl (C=O) groups excluding carboxylic acids is 1. The molecule has 1 aliphatic rings. The lowest BCUT2D eigenvalue weighted by Crippen LogP contribution is -2.38. The standard InChI is InChI=1S/C19H21N3O4/c1-14(15-5-3-2-4-6-15)20-19(23)17-13-16(22(24)25)7-8-18(17)21-9-11-26-12-10-21/h2-8,13-14H,9-12H2,1H3,(H,20,23)/t14-/m1/s1. The summed E-state index contributed by atoms with van der Waals surface area (Å²) in [4.78, 5) is 25.6. The second kappa shape index (κ2) is 7.97. The molecule has 7 heteroatoms. The van der Waals surface area contributed by atoms with Crippen LogP contribution in [0.3, 0.4) is 0 Å². The molecule has 2 aromatic carbocycles. The fourth-order valence-electron chi connectivity index (χ4n) is 3.00. The van der Waals surface area contributed by atoms with Crippen molar-refractivity contribution in [2.75, 3.05) is 31.2 Å². The molecule has 0 bridgehead atoms. The van der Waals surface area contributed by atoms with Crippen LogP contribution in [0.1, 0.15) is 28.9 Å². The normalized spacial score (nSPS) is 15.3. The van der Waals surface area contributed by atoms with Crippen LogP contribution in [0.2, 0.25) is 0 Å². The van der Waals surface area contributed by atoms with Gasteiger partial charge < -0.3 is 15.0 Å². The highest BCUT2D eigenvalue weighted by Crippen LogP contribution is 2.27. The van der Waals surface area contributed by atoms with E-state index in [1.54, 1.807) is 6.07 Å². The smallest absolute Gasteiger partial charge is 0.270 e. The molecule has 3 rings (SSSR count). The van der Waals surface area contributed by atoms with Crippen LogP contribution in [0.25, 0.3) is 0 Å². The molecule has 2 aromatic rings. The summed E-state index contributed by atoms with van der Waals surface area (Å²) >= 11 is 0. The molecule has 1 atom stereocenters. The van der Waals surface area contributed by atoms with Crippen LogP contribution in [-0.2, 0) is 4.74 Å². The minimum Gasteiger partial charge on any atom is -0.378 e. The number of morpholine rings is 1. The van der Waals surface area contributed by atoms with Crippen LogP contribution in [0.5, 0.6) is 0 Å². The van der Waals surface area contributed by atoms with Gasteiger partial charge in [-0.05, 0) is 18.6 Å². The molecule has 26 heavy (non-hydrogen) atoms. The van der Waals surface area contributed by atoms with Gasteiger partial charge in [-0.3, -0.25) is 14.9 Å². The number of nitro benzene ring substituents is 1. The van der Waals surface area contributed by atoms with E-state index in [1.807, 2.05) is 42.2 Å². The number of amides is 1. The molecule has 0 unspecified atom stereocenters. The number of benzene rings is 2. The van der Waals surface area contributed by atoms with Gasteiger partial charge in [0, 0.05) is 25.2 Å². The number of nitro groups is 1. The number of ether oxygens (including phenoxy) is 1. The first-order valence-corrected chi connectivity index (χ1v) is 8.53. The Hall–Kier alpha value is -2.93. The zero-order chi connectivity index (χ0) is 18.5. The molecule has 136 valence electrons. The second-order valence-electron chi connectivity index (χ2n) is 6.16. The number of carbonyl (C=O) groups is 1. The molecule has 1 heterocycles. The lowest BCUT2D eigenvalue weighted by molar-refractivity contribution is -0.384. The van der Waals surface area contributed by atoms with Crippen LogP contribution < -0.4 is 10.2 Å². The van der Waals surface area contributed by atoms with E-state index in [0.29, 0.717) is 37.6 Å². The van der Waals surface area contributed by atoms with Crippen LogP contribution in [0.4, 0.5) is 11.4 Å². The number of nitrogens with zero attached hydrogens (tertiary/aromatic N) is 2. The van der Waals surface area contributed by atoms with Crippen molar-refractivity contribution < 1.29 is 14.5 Å². The summed E-state index contributed by atoms with van der Waals surface area (Å²) in [7, 11) is 0. The van der Waals surface area contributed by atoms with Crippen molar-refractivity contribution in [1.29, 1.82) is 0 Å². The number of hydrogen-bond acceptors (Lipinski definition) is 5. The highest BCUT2D eigenvalue weighted by atomic mass is 16.6. The third-order valence-electron chi connectivity index (χ3n) is 4.43. The van der Waals surface area contributed by atoms with Gasteiger partial charge in [-0.1, -0.05) is 30.3 Å². The van der Waals surface area contributed by atoms with E-state index in [2.05, 4.69) is 5.32 Å². The highest BCUT2D eigenvalue weighted by molar-refractivity contribution is 6.00. The van der Waals surface area contributed by atoms with Gasteiger partial charge >= 0.3 is 0 Å². The number of nitrogens with one attached hydrogen (secondary N) is 1. The molecule has 0 saturated carbocycles. The van der Waals surface area contributed by atoms with E-state index in [-0.39, 0.29) is 17.6 Å². The van der Waals surface area contributed by atoms with E-state index < -0.39 is 4.92 Å². The zero-order valence-corrected chi connectivity index (χ0v) is 14.6. The molecule has 1 aliphatic heterocycles. The SMILES string of the molecule is C[C@@H](NC(=O)c1cc([N+](=O)[O-])ccc1N1CCOCC1)c1ccccc1. The van der Waals surface area contributed by atoms with Crippen molar-refractivity contribution in [2.45, 2.75) is 13.0 Å². The van der Waals surface area contributed by atoms with Gasteiger partial charge in [0.2, 0.25) is 0 Å². The third kappa shape index (κ3) is 4.00. The lowest BCUT2D eigenvalue weighted by atomic mass is 10.1. The topological polar surface area (TPSA) is 84.7 Å². The van der Waals surface area contributed by atoms with Gasteiger partial charge in [0.25, 0.3) is 11.6 Å². The first kappa shape index (κ1) is 17.9. The van der Waals surface area contributed by atoms with Crippen molar-refractivity contribution in [3.63, 3.8) is 0 Å². The molecule has 0 radical (unpaired) electrons. The Morgan fingerprint density at radius 1 is 1.19 bits per heavy atom. The quantitative estimate of drug-likeness (QED) is 0.658. The van der Waals surface area contributed by atoms with Gasteiger partial charge in [-0.15, -0.1) is 0 Å². The van der Waals surface area contributed by atoms with Crippen molar-refractivity contribution in [3.8, 4) is 0 Å². The van der Waals surface area contributed by atoms with E-state index in [0.717, 1.165) is 5.56 Å². The van der Waals surface area contributed by atoms with Crippen LogP contribution in [-0.4, -0.2) is 37.1 Å². The minimum absolute atomic E-state index is 0.0977. The first-order valence-electron chi connectivity index (χ1n) is 8.53. The zero-order valence-electron chi connectivity index (χ0n) is 14.6. The van der Waals surface area contributed by atoms with E-state index in [4.69, 9.17) is 4.74 Å². The first-order chi connectivity index (χ1) is 12.6. The maximum atomic E-state index is 12.9. The van der Waals surface area contributed by atoms with E-state index in [9.17, 15) is 14.9 Å². The summed E-state index contributed by atoms with van der Waals surface area (Å²) in [5.74, 6) is -0.327. The fraction of sp³-hybridized carbons (Fsp3) is 0.316. The molecule has 1 N–H and O–H groups in total. The van der Waals surface area contributed by atoms with Gasteiger partial charge in [-0.2, -0.15) is 0 Å². The van der Waals surface area contributed by atoms with Gasteiger partial charge in [0.05, 0.1) is 35.4 Å². The molecule has 0 aromatic heterocycles. The monoisotopic (exact) mass is 355 g/mol. The van der Waals surface area contributed by atoms with E-state index >= 15 is 0 Å². The summed E-state index contributed by atoms with van der Waals surface area (Å²) in [6.45, 7) is 4.31. The average Bonchev–Trinajstić information content (AvgIpc) is 2.68. The van der Waals surface area contributed by atoms with Crippen LogP contribution in [0, 0.1) is 10.1 Å². The Kier molecular flexibility index (Phi) is 5.48. The van der Waals surface area contributed by atoms with Crippen molar-refractivity contribution in [1.82, 2.24) is 5.32 Å². The lowest BCUT2D eigenvalue weighted by Gasteiger charge is -2.30. The number of rotatable bonds is 5. The molecule has 1 fully saturated rings. The average molecular weight is 355 g/mol. The molecular formula is C19H21N3O4. The Bertz CT molecular complexity index is 789. The van der Waals surface area contributed by atoms with Crippen LogP contribution >= 0.6 is 0 Å². The van der Waals surface area contributed by atoms with Gasteiger partial charge in [0.15, 0.2) is 0 Å². The Morgan fingerprint density at radius 3 is 2.54 bits per heavy atom. The minimum atomic E-state index is -0.486. The third-order valence-corrected chi connectivity index (χ3v) is 4.43. The Labute approximate surface area is 151 Å². The predicted molar refractivity (Wildman–Crippen MR) is 98.5 cm³/mol. The van der Waals surface area contributed by atoms with Crippen molar-refractivity contribution in [2.24, 2.45) is 0 Å². The predicted octanol–water partition coefficient (Wildman–Crippen LogP) is 2.92.